The normalized spacial score (nSPS) is 19.0. The molecule has 5 nitrogen and oxygen atoms in total. The van der Waals surface area contributed by atoms with Crippen molar-refractivity contribution in [1.29, 1.82) is 0 Å². The van der Waals surface area contributed by atoms with Crippen LogP contribution in [0.5, 0.6) is 0 Å². The van der Waals surface area contributed by atoms with Gasteiger partial charge in [-0.2, -0.15) is 0 Å². The third kappa shape index (κ3) is 6.89. The average molecular weight is 554 g/mol. The Bertz CT molecular complexity index is 826. The van der Waals surface area contributed by atoms with Crippen molar-refractivity contribution in [3.8, 4) is 0 Å². The molecule has 1 aromatic carbocycles. The number of hydrogen-bond donors (Lipinski definition) is 2. The predicted molar refractivity (Wildman–Crippen MR) is 142 cm³/mol. The van der Waals surface area contributed by atoms with Crippen LogP contribution in [0.15, 0.2) is 40.7 Å². The van der Waals surface area contributed by atoms with Crippen LogP contribution in [0.25, 0.3) is 0 Å². The number of aliphatic imine (C=N–C) groups is 1. The fourth-order valence-electron chi connectivity index (χ4n) is 4.35. The van der Waals surface area contributed by atoms with Gasteiger partial charge in [0.25, 0.3) is 0 Å². The lowest BCUT2D eigenvalue weighted by molar-refractivity contribution is 0.176. The van der Waals surface area contributed by atoms with Crippen molar-refractivity contribution < 1.29 is 0 Å². The van der Waals surface area contributed by atoms with Crippen LogP contribution in [0, 0.1) is 12.8 Å². The number of thiazole rings is 1. The van der Waals surface area contributed by atoms with Gasteiger partial charge in [-0.3, -0.25) is 9.89 Å². The number of guanidine groups is 1. The first kappa shape index (κ1) is 24.5. The van der Waals surface area contributed by atoms with Crippen molar-refractivity contribution in [2.75, 3.05) is 32.7 Å². The number of nitrogens with one attached hydrogen (secondary N) is 2. The number of benzene rings is 1. The van der Waals surface area contributed by atoms with Gasteiger partial charge in [0, 0.05) is 30.4 Å². The van der Waals surface area contributed by atoms with E-state index < -0.39 is 0 Å². The molecule has 0 bridgehead atoms. The van der Waals surface area contributed by atoms with Crippen molar-refractivity contribution in [2.24, 2.45) is 10.9 Å². The standard InChI is InChI=1S/C24H35N5S.HI/c1-3-25-23(27-18-24(11-12-24)21-7-5-4-6-8-21)26-15-20-9-13-29(14-10-20)16-22-17-30-19(2)28-22;/h4-8,17,20H,3,9-16,18H2,1-2H3,(H2,25,26,27);1H. The van der Waals surface area contributed by atoms with Crippen LogP contribution in [0.1, 0.15) is 48.9 Å². The highest BCUT2D eigenvalue weighted by molar-refractivity contribution is 14.0. The van der Waals surface area contributed by atoms with E-state index in [1.165, 1.54) is 41.9 Å². The molecule has 2 N–H and O–H groups in total. The molecule has 0 amide bonds. The molecular formula is C24H36IN5S. The summed E-state index contributed by atoms with van der Waals surface area (Å²) >= 11 is 1.75. The Kier molecular flexibility index (Phi) is 9.16. The van der Waals surface area contributed by atoms with Gasteiger partial charge in [0.1, 0.15) is 0 Å². The number of halogens is 1. The SMILES string of the molecule is CCNC(=NCC1(c2ccccc2)CC1)NCC1CCN(Cc2csc(C)n2)CC1.I. The lowest BCUT2D eigenvalue weighted by Crippen LogP contribution is -2.43. The van der Waals surface area contributed by atoms with Gasteiger partial charge in [-0.1, -0.05) is 30.3 Å². The van der Waals surface area contributed by atoms with E-state index in [1.54, 1.807) is 11.3 Å². The Morgan fingerprint density at radius 3 is 2.55 bits per heavy atom. The van der Waals surface area contributed by atoms with Gasteiger partial charge in [0.15, 0.2) is 5.96 Å². The summed E-state index contributed by atoms with van der Waals surface area (Å²) in [7, 11) is 0. The predicted octanol–water partition coefficient (Wildman–Crippen LogP) is 4.57. The van der Waals surface area contributed by atoms with Crippen molar-refractivity contribution >= 4 is 41.3 Å². The summed E-state index contributed by atoms with van der Waals surface area (Å²) < 4.78 is 0. The number of likely N-dealkylation sites (tertiary alicyclic amines) is 1. The van der Waals surface area contributed by atoms with Crippen molar-refractivity contribution in [3.05, 3.63) is 52.0 Å². The van der Waals surface area contributed by atoms with Crippen LogP contribution >= 0.6 is 35.3 Å². The Morgan fingerprint density at radius 2 is 1.94 bits per heavy atom. The molecule has 2 heterocycles. The van der Waals surface area contributed by atoms with Crippen LogP contribution in [0.4, 0.5) is 0 Å². The van der Waals surface area contributed by atoms with Crippen LogP contribution in [0.2, 0.25) is 0 Å². The van der Waals surface area contributed by atoms with Crippen LogP contribution < -0.4 is 10.6 Å². The second-order valence-electron chi connectivity index (χ2n) is 8.80. The number of hydrogen-bond acceptors (Lipinski definition) is 4. The molecule has 0 atom stereocenters. The van der Waals surface area contributed by atoms with Crippen LogP contribution in [-0.2, 0) is 12.0 Å². The fourth-order valence-corrected chi connectivity index (χ4v) is 4.96. The van der Waals surface area contributed by atoms with Crippen LogP contribution in [0.3, 0.4) is 0 Å². The number of nitrogens with zero attached hydrogens (tertiary/aromatic N) is 3. The minimum absolute atomic E-state index is 0. The first-order valence-corrected chi connectivity index (χ1v) is 12.3. The Morgan fingerprint density at radius 1 is 1.19 bits per heavy atom. The molecule has 2 fully saturated rings. The van der Waals surface area contributed by atoms with Gasteiger partial charge in [-0.05, 0) is 64.1 Å². The second kappa shape index (κ2) is 11.6. The Labute approximate surface area is 208 Å². The molecule has 31 heavy (non-hydrogen) atoms. The Hall–Kier alpha value is -1.19. The molecule has 0 unspecified atom stereocenters. The van der Waals surface area contributed by atoms with Gasteiger partial charge in [0.05, 0.1) is 17.2 Å². The maximum Gasteiger partial charge on any atom is 0.191 e. The first-order valence-electron chi connectivity index (χ1n) is 11.4. The highest BCUT2D eigenvalue weighted by Crippen LogP contribution is 2.48. The van der Waals surface area contributed by atoms with E-state index in [4.69, 9.17) is 4.99 Å². The summed E-state index contributed by atoms with van der Waals surface area (Å²) in [5, 5.41) is 10.4. The maximum atomic E-state index is 4.96. The first-order chi connectivity index (χ1) is 14.7. The zero-order valence-electron chi connectivity index (χ0n) is 18.8. The molecule has 1 aromatic heterocycles. The van der Waals surface area contributed by atoms with Crippen molar-refractivity contribution in [1.82, 2.24) is 20.5 Å². The molecule has 1 saturated heterocycles. The number of aryl methyl sites for hydroxylation is 1. The zero-order valence-corrected chi connectivity index (χ0v) is 21.9. The summed E-state index contributed by atoms with van der Waals surface area (Å²) in [4.78, 5) is 12.1. The Balaban J connectivity index is 0.00000272. The third-order valence-electron chi connectivity index (χ3n) is 6.44. The topological polar surface area (TPSA) is 52.6 Å². The monoisotopic (exact) mass is 553 g/mol. The molecule has 1 aliphatic carbocycles. The van der Waals surface area contributed by atoms with Crippen molar-refractivity contribution in [3.63, 3.8) is 0 Å². The third-order valence-corrected chi connectivity index (χ3v) is 7.26. The summed E-state index contributed by atoms with van der Waals surface area (Å²) in [5.41, 5.74) is 2.93. The van der Waals surface area contributed by atoms with E-state index in [9.17, 15) is 0 Å². The molecule has 4 rings (SSSR count). The molecule has 1 aliphatic heterocycles. The number of piperidine rings is 1. The van der Waals surface area contributed by atoms with Gasteiger partial charge < -0.3 is 10.6 Å². The summed E-state index contributed by atoms with van der Waals surface area (Å²) in [6.07, 6.45) is 4.97. The molecule has 2 aromatic rings. The van der Waals surface area contributed by atoms with E-state index in [-0.39, 0.29) is 29.4 Å². The van der Waals surface area contributed by atoms with E-state index in [2.05, 4.69) is 70.1 Å². The van der Waals surface area contributed by atoms with Crippen LogP contribution in [-0.4, -0.2) is 48.6 Å². The van der Waals surface area contributed by atoms with E-state index in [0.29, 0.717) is 5.92 Å². The molecule has 0 radical (unpaired) electrons. The zero-order chi connectivity index (χ0) is 20.8. The van der Waals surface area contributed by atoms with E-state index in [1.807, 2.05) is 0 Å². The minimum atomic E-state index is 0. The average Bonchev–Trinajstić information content (AvgIpc) is 3.46. The molecule has 7 heteroatoms. The number of aromatic nitrogens is 1. The van der Waals surface area contributed by atoms with Gasteiger partial charge >= 0.3 is 0 Å². The largest absolute Gasteiger partial charge is 0.357 e. The number of rotatable bonds is 8. The van der Waals surface area contributed by atoms with E-state index in [0.717, 1.165) is 45.2 Å². The van der Waals surface area contributed by atoms with Gasteiger partial charge in [-0.25, -0.2) is 4.98 Å². The molecular weight excluding hydrogens is 517 g/mol. The van der Waals surface area contributed by atoms with E-state index >= 15 is 0 Å². The highest BCUT2D eigenvalue weighted by Gasteiger charge is 2.44. The molecule has 170 valence electrons. The quantitative estimate of drug-likeness (QED) is 0.286. The minimum Gasteiger partial charge on any atom is -0.357 e. The smallest absolute Gasteiger partial charge is 0.191 e. The highest BCUT2D eigenvalue weighted by atomic mass is 127. The molecule has 1 saturated carbocycles. The fraction of sp³-hybridized carbons (Fsp3) is 0.583. The molecule has 2 aliphatic rings. The van der Waals surface area contributed by atoms with Gasteiger partial charge in [-0.15, -0.1) is 35.3 Å². The maximum absolute atomic E-state index is 4.96. The lowest BCUT2D eigenvalue weighted by Gasteiger charge is -2.31. The second-order valence-corrected chi connectivity index (χ2v) is 9.86. The summed E-state index contributed by atoms with van der Waals surface area (Å²) in [5.74, 6) is 1.69. The summed E-state index contributed by atoms with van der Waals surface area (Å²) in [6.45, 7) is 10.3. The summed E-state index contributed by atoms with van der Waals surface area (Å²) in [6, 6.07) is 10.9. The van der Waals surface area contributed by atoms with Crippen molar-refractivity contribution in [2.45, 2.75) is 51.5 Å². The van der Waals surface area contributed by atoms with Gasteiger partial charge in [0.2, 0.25) is 0 Å². The lowest BCUT2D eigenvalue weighted by atomic mass is 9.96. The molecule has 0 spiro atoms.